The zero-order valence-corrected chi connectivity index (χ0v) is 19.1. The summed E-state index contributed by atoms with van der Waals surface area (Å²) in [5.41, 5.74) is 3.49. The number of aryl methyl sites for hydroxylation is 1. The number of halogens is 1. The summed E-state index contributed by atoms with van der Waals surface area (Å²) >= 11 is 5.93. The molecular formula is C25H29ClN4O2. The fourth-order valence-electron chi connectivity index (χ4n) is 4.03. The fraction of sp³-hybridized carbons (Fsp3) is 0.360. The van der Waals surface area contributed by atoms with Crippen molar-refractivity contribution in [1.82, 2.24) is 14.7 Å². The highest BCUT2D eigenvalue weighted by Crippen LogP contribution is 2.32. The Morgan fingerprint density at radius 1 is 1.09 bits per heavy atom. The Morgan fingerprint density at radius 2 is 1.88 bits per heavy atom. The molecule has 1 aromatic heterocycles. The van der Waals surface area contributed by atoms with E-state index in [9.17, 15) is 4.79 Å². The van der Waals surface area contributed by atoms with E-state index < -0.39 is 0 Å². The Labute approximate surface area is 194 Å². The molecule has 2 aromatic carbocycles. The summed E-state index contributed by atoms with van der Waals surface area (Å²) < 4.78 is 7.99. The van der Waals surface area contributed by atoms with E-state index in [0.29, 0.717) is 11.6 Å². The van der Waals surface area contributed by atoms with Gasteiger partial charge in [-0.05, 0) is 67.9 Å². The topological polar surface area (TPSA) is 59.4 Å². The Hall–Kier alpha value is -2.83. The number of hydrogen-bond donors (Lipinski definition) is 1. The second-order valence-electron chi connectivity index (χ2n) is 8.15. The highest BCUT2D eigenvalue weighted by atomic mass is 35.5. The van der Waals surface area contributed by atoms with E-state index in [1.807, 2.05) is 48.1 Å². The third-order valence-electron chi connectivity index (χ3n) is 5.75. The molecule has 1 saturated heterocycles. The van der Waals surface area contributed by atoms with Gasteiger partial charge in [-0.1, -0.05) is 30.2 Å². The molecule has 0 saturated carbocycles. The first-order chi connectivity index (χ1) is 15.6. The molecule has 4 rings (SSSR count). The van der Waals surface area contributed by atoms with Gasteiger partial charge in [0.05, 0.1) is 12.1 Å². The van der Waals surface area contributed by atoms with Crippen LogP contribution in [0.2, 0.25) is 5.02 Å². The van der Waals surface area contributed by atoms with Crippen LogP contribution in [0.5, 0.6) is 5.75 Å². The largest absolute Gasteiger partial charge is 0.492 e. The number of hydrogen-bond acceptors (Lipinski definition) is 4. The zero-order chi connectivity index (χ0) is 22.3. The Kier molecular flexibility index (Phi) is 7.45. The van der Waals surface area contributed by atoms with Gasteiger partial charge >= 0.3 is 0 Å². The molecule has 1 aliphatic rings. The van der Waals surface area contributed by atoms with Crippen LogP contribution in [0.3, 0.4) is 0 Å². The number of nitrogens with one attached hydrogen (secondary N) is 1. The summed E-state index contributed by atoms with van der Waals surface area (Å²) in [6.07, 6.45) is 5.91. The molecule has 7 heteroatoms. The zero-order valence-electron chi connectivity index (χ0n) is 18.4. The average molecular weight is 453 g/mol. The van der Waals surface area contributed by atoms with Crippen LogP contribution in [0.15, 0.2) is 54.7 Å². The lowest BCUT2D eigenvalue weighted by Gasteiger charge is -2.26. The van der Waals surface area contributed by atoms with Crippen LogP contribution in [-0.4, -0.2) is 46.8 Å². The van der Waals surface area contributed by atoms with Gasteiger partial charge in [0.1, 0.15) is 12.4 Å². The number of anilines is 1. The van der Waals surface area contributed by atoms with Gasteiger partial charge in [0.15, 0.2) is 0 Å². The summed E-state index contributed by atoms with van der Waals surface area (Å²) in [7, 11) is 1.90. The molecule has 0 radical (unpaired) electrons. The number of carbonyl (C=O) groups excluding carboxylic acids is 1. The first-order valence-corrected chi connectivity index (χ1v) is 11.5. The lowest BCUT2D eigenvalue weighted by molar-refractivity contribution is -0.115. The number of piperidine rings is 1. The number of amides is 1. The molecule has 32 heavy (non-hydrogen) atoms. The van der Waals surface area contributed by atoms with Crippen molar-refractivity contribution in [2.75, 3.05) is 31.6 Å². The molecule has 1 fully saturated rings. The van der Waals surface area contributed by atoms with Gasteiger partial charge in [0.2, 0.25) is 5.91 Å². The van der Waals surface area contributed by atoms with Crippen molar-refractivity contribution < 1.29 is 9.53 Å². The smallest absolute Gasteiger partial charge is 0.228 e. The predicted molar refractivity (Wildman–Crippen MR) is 128 cm³/mol. The molecule has 0 unspecified atom stereocenters. The van der Waals surface area contributed by atoms with Crippen molar-refractivity contribution in [3.8, 4) is 17.0 Å². The van der Waals surface area contributed by atoms with Gasteiger partial charge in [0, 0.05) is 36.1 Å². The molecule has 0 bridgehead atoms. The summed E-state index contributed by atoms with van der Waals surface area (Å²) in [5, 5.41) is 7.95. The van der Waals surface area contributed by atoms with E-state index in [1.54, 1.807) is 18.3 Å². The Morgan fingerprint density at radius 3 is 2.59 bits per heavy atom. The normalized spacial score (nSPS) is 14.3. The van der Waals surface area contributed by atoms with Gasteiger partial charge in [-0.25, -0.2) is 0 Å². The molecule has 2 heterocycles. The summed E-state index contributed by atoms with van der Waals surface area (Å²) in [5.74, 6) is 0.711. The number of carbonyl (C=O) groups is 1. The molecule has 0 atom stereocenters. The molecule has 168 valence electrons. The third kappa shape index (κ3) is 5.90. The minimum Gasteiger partial charge on any atom is -0.492 e. The molecule has 0 aliphatic carbocycles. The Bertz CT molecular complexity index is 1040. The van der Waals surface area contributed by atoms with Gasteiger partial charge < -0.3 is 10.1 Å². The van der Waals surface area contributed by atoms with E-state index in [1.165, 1.54) is 19.3 Å². The van der Waals surface area contributed by atoms with Crippen LogP contribution in [0.25, 0.3) is 11.3 Å². The molecule has 1 amide bonds. The molecule has 1 N–H and O–H groups in total. The molecule has 3 aromatic rings. The first kappa shape index (κ1) is 22.4. The number of likely N-dealkylation sites (tertiary alicyclic amines) is 1. The number of rotatable bonds is 8. The van der Waals surface area contributed by atoms with Crippen LogP contribution in [0.1, 0.15) is 24.8 Å². The minimum atomic E-state index is -0.0814. The van der Waals surface area contributed by atoms with E-state index in [2.05, 4.69) is 15.3 Å². The van der Waals surface area contributed by atoms with E-state index in [-0.39, 0.29) is 12.3 Å². The van der Waals surface area contributed by atoms with Crippen molar-refractivity contribution in [2.24, 2.45) is 7.05 Å². The van der Waals surface area contributed by atoms with Crippen LogP contribution < -0.4 is 10.1 Å². The van der Waals surface area contributed by atoms with E-state index >= 15 is 0 Å². The predicted octanol–water partition coefficient (Wildman–Crippen LogP) is 4.79. The maximum absolute atomic E-state index is 12.6. The Balaban J connectivity index is 1.46. The van der Waals surface area contributed by atoms with E-state index in [0.717, 1.165) is 47.9 Å². The van der Waals surface area contributed by atoms with Gasteiger partial charge in [-0.2, -0.15) is 5.10 Å². The molecular weight excluding hydrogens is 424 g/mol. The molecule has 6 nitrogen and oxygen atoms in total. The van der Waals surface area contributed by atoms with Gasteiger partial charge in [0.25, 0.3) is 0 Å². The molecule has 0 spiro atoms. The lowest BCUT2D eigenvalue weighted by Crippen LogP contribution is -2.33. The number of ether oxygens (including phenoxy) is 1. The molecule has 1 aliphatic heterocycles. The maximum atomic E-state index is 12.6. The monoisotopic (exact) mass is 452 g/mol. The second-order valence-corrected chi connectivity index (χ2v) is 8.59. The van der Waals surface area contributed by atoms with Crippen molar-refractivity contribution in [3.63, 3.8) is 0 Å². The average Bonchev–Trinajstić information content (AvgIpc) is 3.22. The van der Waals surface area contributed by atoms with Crippen molar-refractivity contribution >= 4 is 23.2 Å². The first-order valence-electron chi connectivity index (χ1n) is 11.1. The van der Waals surface area contributed by atoms with Crippen LogP contribution in [0.4, 0.5) is 5.69 Å². The summed E-state index contributed by atoms with van der Waals surface area (Å²) in [6, 6.07) is 15.0. The standard InChI is InChI=1S/C25H29ClN4O2/c1-29-23(11-12-27-29)22-18-21(28-25(31)17-19-5-7-20(26)8-6-19)9-10-24(22)32-16-15-30-13-3-2-4-14-30/h5-12,18H,2-4,13-17H2,1H3,(H,28,31). The van der Waals surface area contributed by atoms with Crippen molar-refractivity contribution in [3.05, 3.63) is 65.3 Å². The highest BCUT2D eigenvalue weighted by Gasteiger charge is 2.14. The van der Waals surface area contributed by atoms with Gasteiger partial charge in [-0.3, -0.25) is 14.4 Å². The summed E-state index contributed by atoms with van der Waals surface area (Å²) in [4.78, 5) is 15.0. The van der Waals surface area contributed by atoms with Crippen LogP contribution in [-0.2, 0) is 18.3 Å². The van der Waals surface area contributed by atoms with Crippen LogP contribution >= 0.6 is 11.6 Å². The second kappa shape index (κ2) is 10.7. The van der Waals surface area contributed by atoms with Crippen molar-refractivity contribution in [1.29, 1.82) is 0 Å². The fourth-order valence-corrected chi connectivity index (χ4v) is 4.16. The van der Waals surface area contributed by atoms with Crippen LogP contribution in [0, 0.1) is 0 Å². The quantitative estimate of drug-likeness (QED) is 0.534. The number of aromatic nitrogens is 2. The maximum Gasteiger partial charge on any atom is 0.228 e. The SMILES string of the molecule is Cn1nccc1-c1cc(NC(=O)Cc2ccc(Cl)cc2)ccc1OCCN1CCCCC1. The lowest BCUT2D eigenvalue weighted by atomic mass is 10.1. The van der Waals surface area contributed by atoms with E-state index in [4.69, 9.17) is 16.3 Å². The third-order valence-corrected chi connectivity index (χ3v) is 6.00. The minimum absolute atomic E-state index is 0.0814. The summed E-state index contributed by atoms with van der Waals surface area (Å²) in [6.45, 7) is 3.85. The number of benzene rings is 2. The highest BCUT2D eigenvalue weighted by molar-refractivity contribution is 6.30. The number of nitrogens with zero attached hydrogens (tertiary/aromatic N) is 3. The van der Waals surface area contributed by atoms with Gasteiger partial charge in [-0.15, -0.1) is 0 Å². The van der Waals surface area contributed by atoms with Crippen molar-refractivity contribution in [2.45, 2.75) is 25.7 Å².